The van der Waals surface area contributed by atoms with Crippen molar-refractivity contribution in [2.24, 2.45) is 0 Å². The number of rotatable bonds is 4. The van der Waals surface area contributed by atoms with Gasteiger partial charge in [0.25, 0.3) is 5.69 Å². The van der Waals surface area contributed by atoms with E-state index in [0.717, 1.165) is 0 Å². The van der Waals surface area contributed by atoms with E-state index in [1.54, 1.807) is 6.07 Å². The fraction of sp³-hybridized carbons (Fsp3) is 0. The summed E-state index contributed by atoms with van der Waals surface area (Å²) in [5, 5.41) is 20.9. The molecule has 2 rings (SSSR count). The molecule has 0 spiro atoms. The average Bonchev–Trinajstić information content (AvgIpc) is 2.47. The zero-order chi connectivity index (χ0) is 16.3. The molecule has 0 heterocycles. The maximum absolute atomic E-state index is 11.5. The number of nitro groups is 1. The van der Waals surface area contributed by atoms with Gasteiger partial charge in [-0.05, 0) is 29.8 Å². The summed E-state index contributed by atoms with van der Waals surface area (Å²) in [4.78, 5) is 21.9. The van der Waals surface area contributed by atoms with E-state index < -0.39 is 10.9 Å². The first-order valence-electron chi connectivity index (χ1n) is 6.04. The number of halogens is 2. The maximum Gasteiger partial charge on any atom is 0.336 e. The van der Waals surface area contributed by atoms with Crippen LogP contribution in [0.4, 0.5) is 5.69 Å². The summed E-state index contributed by atoms with van der Waals surface area (Å²) in [5.41, 5.74) is 0.199. The summed E-state index contributed by atoms with van der Waals surface area (Å²) in [6, 6.07) is 10.2. The van der Waals surface area contributed by atoms with Gasteiger partial charge in [0, 0.05) is 6.07 Å². The molecular formula is C15H9Cl2NO4. The van der Waals surface area contributed by atoms with Gasteiger partial charge in [-0.2, -0.15) is 0 Å². The smallest absolute Gasteiger partial charge is 0.336 e. The Bertz CT molecular complexity index is 787. The molecule has 22 heavy (non-hydrogen) atoms. The number of carbonyl (C=O) groups is 1. The van der Waals surface area contributed by atoms with Gasteiger partial charge < -0.3 is 5.11 Å². The van der Waals surface area contributed by atoms with Crippen molar-refractivity contribution in [3.63, 3.8) is 0 Å². The SMILES string of the molecule is O=C(O)/C(=C\c1ccccc1[N+](=O)[O-])c1ccc(Cl)c(Cl)c1. The summed E-state index contributed by atoms with van der Waals surface area (Å²) in [5.74, 6) is -1.23. The maximum atomic E-state index is 11.5. The number of nitro benzene ring substituents is 1. The second-order valence-electron chi connectivity index (χ2n) is 4.31. The highest BCUT2D eigenvalue weighted by atomic mass is 35.5. The van der Waals surface area contributed by atoms with E-state index in [4.69, 9.17) is 23.2 Å². The summed E-state index contributed by atoms with van der Waals surface area (Å²) >= 11 is 11.7. The molecule has 0 saturated heterocycles. The van der Waals surface area contributed by atoms with E-state index in [2.05, 4.69) is 0 Å². The Labute approximate surface area is 135 Å². The van der Waals surface area contributed by atoms with Crippen LogP contribution in [0.1, 0.15) is 11.1 Å². The van der Waals surface area contributed by atoms with Crippen LogP contribution in [0.15, 0.2) is 42.5 Å². The fourth-order valence-electron chi connectivity index (χ4n) is 1.86. The lowest BCUT2D eigenvalue weighted by Crippen LogP contribution is -2.00. The van der Waals surface area contributed by atoms with E-state index in [-0.39, 0.29) is 21.8 Å². The van der Waals surface area contributed by atoms with Crippen LogP contribution in [-0.4, -0.2) is 16.0 Å². The number of hydrogen-bond acceptors (Lipinski definition) is 3. The Hall–Kier alpha value is -2.37. The van der Waals surface area contributed by atoms with Crippen molar-refractivity contribution < 1.29 is 14.8 Å². The highest BCUT2D eigenvalue weighted by Gasteiger charge is 2.16. The molecule has 0 amide bonds. The van der Waals surface area contributed by atoms with Crippen LogP contribution in [0.3, 0.4) is 0 Å². The van der Waals surface area contributed by atoms with E-state index in [1.165, 1.54) is 42.5 Å². The van der Waals surface area contributed by atoms with E-state index in [0.29, 0.717) is 10.6 Å². The topological polar surface area (TPSA) is 80.4 Å². The third-order valence-corrected chi connectivity index (χ3v) is 3.63. The molecule has 0 aromatic heterocycles. The first kappa shape index (κ1) is 16.0. The molecular weight excluding hydrogens is 329 g/mol. The molecule has 0 radical (unpaired) electrons. The minimum Gasteiger partial charge on any atom is -0.478 e. The Kier molecular flexibility index (Phi) is 4.80. The van der Waals surface area contributed by atoms with Crippen LogP contribution in [0.2, 0.25) is 10.0 Å². The van der Waals surface area contributed by atoms with Crippen LogP contribution >= 0.6 is 23.2 Å². The van der Waals surface area contributed by atoms with Crippen molar-refractivity contribution in [3.05, 3.63) is 73.8 Å². The quantitative estimate of drug-likeness (QED) is 0.384. The molecule has 0 saturated carbocycles. The first-order valence-corrected chi connectivity index (χ1v) is 6.79. The van der Waals surface area contributed by atoms with Gasteiger partial charge in [0.05, 0.1) is 26.1 Å². The minimum atomic E-state index is -1.23. The van der Waals surface area contributed by atoms with Crippen LogP contribution < -0.4 is 0 Å². The molecule has 0 aliphatic heterocycles. The Morgan fingerprint density at radius 3 is 2.41 bits per heavy atom. The Balaban J connectivity index is 2.60. The lowest BCUT2D eigenvalue weighted by atomic mass is 10.0. The Morgan fingerprint density at radius 2 is 1.82 bits per heavy atom. The highest BCUT2D eigenvalue weighted by Crippen LogP contribution is 2.29. The lowest BCUT2D eigenvalue weighted by Gasteiger charge is -2.05. The lowest BCUT2D eigenvalue weighted by molar-refractivity contribution is -0.385. The second kappa shape index (κ2) is 6.60. The van der Waals surface area contributed by atoms with Gasteiger partial charge >= 0.3 is 5.97 Å². The van der Waals surface area contributed by atoms with Gasteiger partial charge in [-0.25, -0.2) is 4.79 Å². The fourth-order valence-corrected chi connectivity index (χ4v) is 2.16. The summed E-state index contributed by atoms with van der Waals surface area (Å²) in [6.45, 7) is 0. The number of aliphatic carboxylic acids is 1. The largest absolute Gasteiger partial charge is 0.478 e. The zero-order valence-corrected chi connectivity index (χ0v) is 12.5. The molecule has 7 heteroatoms. The molecule has 0 atom stereocenters. The van der Waals surface area contributed by atoms with Gasteiger partial charge in [-0.3, -0.25) is 10.1 Å². The second-order valence-corrected chi connectivity index (χ2v) is 5.12. The van der Waals surface area contributed by atoms with Crippen molar-refractivity contribution in [2.45, 2.75) is 0 Å². The van der Waals surface area contributed by atoms with Crippen LogP contribution in [0.5, 0.6) is 0 Å². The molecule has 0 aliphatic carbocycles. The Morgan fingerprint density at radius 1 is 1.14 bits per heavy atom. The normalized spacial score (nSPS) is 11.3. The predicted octanol–water partition coefficient (Wildman–Crippen LogP) is 4.53. The van der Waals surface area contributed by atoms with Gasteiger partial charge in [-0.15, -0.1) is 0 Å². The third-order valence-electron chi connectivity index (χ3n) is 2.89. The monoisotopic (exact) mass is 337 g/mol. The molecule has 1 N–H and O–H groups in total. The van der Waals surface area contributed by atoms with E-state index in [1.807, 2.05) is 0 Å². The standard InChI is InChI=1S/C15H9Cl2NO4/c16-12-6-5-9(8-13(12)17)11(15(19)20)7-10-3-1-2-4-14(10)18(21)22/h1-8H,(H,19,20)/b11-7-. The average molecular weight is 338 g/mol. The van der Waals surface area contributed by atoms with E-state index in [9.17, 15) is 20.0 Å². The van der Waals surface area contributed by atoms with Crippen molar-refractivity contribution in [1.82, 2.24) is 0 Å². The van der Waals surface area contributed by atoms with Gasteiger partial charge in [-0.1, -0.05) is 41.4 Å². The number of nitrogens with zero attached hydrogens (tertiary/aromatic N) is 1. The molecule has 2 aromatic carbocycles. The van der Waals surface area contributed by atoms with Crippen LogP contribution in [0, 0.1) is 10.1 Å². The minimum absolute atomic E-state index is 0.118. The zero-order valence-electron chi connectivity index (χ0n) is 11.0. The van der Waals surface area contributed by atoms with Crippen LogP contribution in [0.25, 0.3) is 11.6 Å². The van der Waals surface area contributed by atoms with Crippen molar-refractivity contribution in [2.75, 3.05) is 0 Å². The first-order chi connectivity index (χ1) is 10.4. The molecule has 0 unspecified atom stereocenters. The number of carboxylic acids is 1. The number of para-hydroxylation sites is 1. The molecule has 0 fully saturated rings. The molecule has 112 valence electrons. The number of hydrogen-bond donors (Lipinski definition) is 1. The van der Waals surface area contributed by atoms with Crippen molar-refractivity contribution >= 4 is 46.5 Å². The predicted molar refractivity (Wildman–Crippen MR) is 85.1 cm³/mol. The van der Waals surface area contributed by atoms with Gasteiger partial charge in [0.1, 0.15) is 0 Å². The molecule has 0 bridgehead atoms. The molecule has 0 aliphatic rings. The van der Waals surface area contributed by atoms with Gasteiger partial charge in [0.15, 0.2) is 0 Å². The number of benzene rings is 2. The number of carboxylic acid groups (broad SMARTS) is 1. The van der Waals surface area contributed by atoms with Crippen LogP contribution in [-0.2, 0) is 4.79 Å². The summed E-state index contributed by atoms with van der Waals surface area (Å²) in [6.07, 6.45) is 1.24. The highest BCUT2D eigenvalue weighted by molar-refractivity contribution is 6.42. The van der Waals surface area contributed by atoms with Gasteiger partial charge in [0.2, 0.25) is 0 Å². The molecule has 5 nitrogen and oxygen atoms in total. The van der Waals surface area contributed by atoms with E-state index >= 15 is 0 Å². The third kappa shape index (κ3) is 3.44. The van der Waals surface area contributed by atoms with Crippen molar-refractivity contribution in [3.8, 4) is 0 Å². The van der Waals surface area contributed by atoms with Crippen molar-refractivity contribution in [1.29, 1.82) is 0 Å². The molecule has 2 aromatic rings. The summed E-state index contributed by atoms with van der Waals surface area (Å²) < 4.78 is 0. The summed E-state index contributed by atoms with van der Waals surface area (Å²) in [7, 11) is 0.